The van der Waals surface area contributed by atoms with E-state index in [0.717, 1.165) is 11.8 Å². The average Bonchev–Trinajstić information content (AvgIpc) is 3.17. The first-order valence-corrected chi connectivity index (χ1v) is 11.5. The smallest absolute Gasteiger partial charge is 0.295 e. The number of nitrogens with zero attached hydrogens (tertiary/aromatic N) is 3. The zero-order valence-corrected chi connectivity index (χ0v) is 20.1. The Balaban J connectivity index is 1.53. The van der Waals surface area contributed by atoms with E-state index in [9.17, 15) is 14.4 Å². The number of nitrogens with one attached hydrogen (secondary N) is 1. The molecule has 33 heavy (non-hydrogen) atoms. The van der Waals surface area contributed by atoms with Crippen LogP contribution < -0.4 is 10.9 Å². The summed E-state index contributed by atoms with van der Waals surface area (Å²) in [7, 11) is 1.74. The van der Waals surface area contributed by atoms with E-state index in [4.69, 9.17) is 23.8 Å². The molecule has 0 radical (unpaired) electrons. The number of halogens is 1. The molecule has 168 valence electrons. The Morgan fingerprint density at radius 2 is 1.79 bits per heavy atom. The maximum absolute atomic E-state index is 13.0. The van der Waals surface area contributed by atoms with Gasteiger partial charge < -0.3 is 5.32 Å². The summed E-state index contributed by atoms with van der Waals surface area (Å²) in [6.07, 6.45) is 1.65. The minimum atomic E-state index is -0.517. The number of thiocarbonyl (C=S) groups is 1. The van der Waals surface area contributed by atoms with E-state index in [-0.39, 0.29) is 28.0 Å². The largest absolute Gasteiger partial charge is 0.318 e. The van der Waals surface area contributed by atoms with Gasteiger partial charge in [-0.25, -0.2) is 4.68 Å². The highest BCUT2D eigenvalue weighted by Gasteiger charge is 2.34. The van der Waals surface area contributed by atoms with Gasteiger partial charge in [0.25, 0.3) is 11.5 Å². The van der Waals surface area contributed by atoms with Crippen LogP contribution in [-0.4, -0.2) is 36.9 Å². The number of benzene rings is 2. The highest BCUT2D eigenvalue weighted by molar-refractivity contribution is 8.26. The lowest BCUT2D eigenvalue weighted by atomic mass is 10.2. The van der Waals surface area contributed by atoms with Crippen LogP contribution in [0.25, 0.3) is 11.8 Å². The van der Waals surface area contributed by atoms with Gasteiger partial charge in [0.2, 0.25) is 5.91 Å². The molecule has 0 bridgehead atoms. The fourth-order valence-electron chi connectivity index (χ4n) is 3.40. The number of hydrogen-bond acceptors (Lipinski definition) is 5. The molecule has 1 aromatic heterocycles. The van der Waals surface area contributed by atoms with Crippen LogP contribution in [0.5, 0.6) is 0 Å². The lowest BCUT2D eigenvalue weighted by Gasteiger charge is -2.13. The summed E-state index contributed by atoms with van der Waals surface area (Å²) in [6.45, 7) is 1.44. The van der Waals surface area contributed by atoms with Gasteiger partial charge >= 0.3 is 0 Å². The van der Waals surface area contributed by atoms with Crippen molar-refractivity contribution in [1.82, 2.24) is 14.3 Å². The predicted octanol–water partition coefficient (Wildman–Crippen LogP) is 3.98. The Hall–Kier alpha value is -3.14. The standard InChI is InChI=1S/C23H19ClN4O3S2/c1-14-20(22(31)28(26(14)2)16-9-4-3-5-10-16)25-19(29)13-27-21(30)18(33-23(27)32)12-15-8-6-7-11-17(15)24/h3-12H,13H2,1-2H3,(H,25,29)/b18-12-. The van der Waals surface area contributed by atoms with Crippen molar-refractivity contribution in [2.24, 2.45) is 7.05 Å². The van der Waals surface area contributed by atoms with Crippen LogP contribution in [0, 0.1) is 6.92 Å². The molecule has 0 atom stereocenters. The number of aromatic nitrogens is 2. The Morgan fingerprint density at radius 3 is 2.48 bits per heavy atom. The first-order valence-electron chi connectivity index (χ1n) is 9.91. The molecule has 1 N–H and O–H groups in total. The number of carbonyl (C=O) groups is 2. The first kappa shape index (κ1) is 23.0. The van der Waals surface area contributed by atoms with Gasteiger partial charge in [-0.2, -0.15) is 0 Å². The summed E-state index contributed by atoms with van der Waals surface area (Å²) in [5, 5.41) is 3.16. The third-order valence-corrected chi connectivity index (χ3v) is 6.91. The Morgan fingerprint density at radius 1 is 1.12 bits per heavy atom. The quantitative estimate of drug-likeness (QED) is 0.425. The lowest BCUT2D eigenvalue weighted by Crippen LogP contribution is -2.37. The predicted molar refractivity (Wildman–Crippen MR) is 136 cm³/mol. The monoisotopic (exact) mass is 498 g/mol. The SMILES string of the molecule is Cc1c(NC(=O)CN2C(=O)/C(=C/c3ccccc3Cl)SC2=S)c(=O)n(-c2ccccc2)n1C. The molecule has 1 saturated heterocycles. The molecule has 7 nitrogen and oxygen atoms in total. The second-order valence-electron chi connectivity index (χ2n) is 7.27. The molecule has 4 rings (SSSR count). The first-order chi connectivity index (χ1) is 15.8. The number of para-hydroxylation sites is 1. The highest BCUT2D eigenvalue weighted by atomic mass is 35.5. The van der Waals surface area contributed by atoms with Crippen molar-refractivity contribution in [3.63, 3.8) is 0 Å². The molecule has 1 aliphatic heterocycles. The van der Waals surface area contributed by atoms with E-state index >= 15 is 0 Å². The van der Waals surface area contributed by atoms with E-state index in [1.807, 2.05) is 24.3 Å². The van der Waals surface area contributed by atoms with Crippen LogP contribution in [0.15, 0.2) is 64.3 Å². The molecular weight excluding hydrogens is 480 g/mol. The van der Waals surface area contributed by atoms with E-state index in [0.29, 0.717) is 26.9 Å². The third kappa shape index (κ3) is 4.52. The molecule has 3 aromatic rings. The van der Waals surface area contributed by atoms with E-state index in [1.54, 1.807) is 55.1 Å². The molecule has 1 fully saturated rings. The van der Waals surface area contributed by atoms with Crippen molar-refractivity contribution in [1.29, 1.82) is 0 Å². The molecule has 0 saturated carbocycles. The number of anilines is 1. The number of amides is 2. The minimum absolute atomic E-state index is 0.156. The Kier molecular flexibility index (Phi) is 6.55. The molecule has 0 spiro atoms. The van der Waals surface area contributed by atoms with Crippen molar-refractivity contribution < 1.29 is 9.59 Å². The maximum Gasteiger partial charge on any atom is 0.295 e. The normalized spacial score (nSPS) is 14.9. The van der Waals surface area contributed by atoms with Gasteiger partial charge in [0, 0.05) is 12.1 Å². The maximum atomic E-state index is 13.0. The molecule has 0 aliphatic carbocycles. The minimum Gasteiger partial charge on any atom is -0.318 e. The topological polar surface area (TPSA) is 76.3 Å². The van der Waals surface area contributed by atoms with Gasteiger partial charge in [-0.3, -0.25) is 24.0 Å². The lowest BCUT2D eigenvalue weighted by molar-refractivity contribution is -0.126. The van der Waals surface area contributed by atoms with Gasteiger partial charge in [-0.05, 0) is 36.8 Å². The van der Waals surface area contributed by atoms with E-state index in [2.05, 4.69) is 5.32 Å². The van der Waals surface area contributed by atoms with E-state index in [1.165, 1.54) is 9.58 Å². The van der Waals surface area contributed by atoms with E-state index < -0.39 is 5.91 Å². The number of rotatable bonds is 5. The summed E-state index contributed by atoms with van der Waals surface area (Å²) in [6, 6.07) is 16.2. The molecule has 2 aromatic carbocycles. The zero-order valence-electron chi connectivity index (χ0n) is 17.7. The molecular formula is C23H19ClN4O3S2. The fraction of sp³-hybridized carbons (Fsp3) is 0.130. The summed E-state index contributed by atoms with van der Waals surface area (Å²) in [5.41, 5.74) is 1.74. The summed E-state index contributed by atoms with van der Waals surface area (Å²) in [5.74, 6) is -0.900. The molecule has 1 aliphatic rings. The summed E-state index contributed by atoms with van der Waals surface area (Å²) >= 11 is 12.6. The Bertz CT molecular complexity index is 1360. The molecule has 2 heterocycles. The molecule has 10 heteroatoms. The van der Waals surface area contributed by atoms with Crippen LogP contribution in [0.4, 0.5) is 5.69 Å². The highest BCUT2D eigenvalue weighted by Crippen LogP contribution is 2.33. The summed E-state index contributed by atoms with van der Waals surface area (Å²) < 4.78 is 3.40. The zero-order chi connectivity index (χ0) is 23.7. The van der Waals surface area contributed by atoms with Gasteiger partial charge in [0.05, 0.1) is 16.3 Å². The van der Waals surface area contributed by atoms with Gasteiger partial charge in [-0.15, -0.1) is 0 Å². The van der Waals surface area contributed by atoms with Crippen LogP contribution in [0.1, 0.15) is 11.3 Å². The van der Waals surface area contributed by atoms with Crippen molar-refractivity contribution in [3.8, 4) is 5.69 Å². The van der Waals surface area contributed by atoms with Crippen molar-refractivity contribution in [2.75, 3.05) is 11.9 Å². The fourth-order valence-corrected chi connectivity index (χ4v) is 4.84. The number of carbonyl (C=O) groups excluding carboxylic acids is 2. The second-order valence-corrected chi connectivity index (χ2v) is 9.36. The van der Waals surface area contributed by atoms with Crippen molar-refractivity contribution in [2.45, 2.75) is 6.92 Å². The number of hydrogen-bond donors (Lipinski definition) is 1. The van der Waals surface area contributed by atoms with Gasteiger partial charge in [-0.1, -0.05) is 72.0 Å². The van der Waals surface area contributed by atoms with Crippen molar-refractivity contribution >= 4 is 63.5 Å². The van der Waals surface area contributed by atoms with Crippen LogP contribution in [-0.2, 0) is 16.6 Å². The van der Waals surface area contributed by atoms with Crippen LogP contribution in [0.3, 0.4) is 0 Å². The molecule has 2 amide bonds. The molecule has 0 unspecified atom stereocenters. The second kappa shape index (κ2) is 9.38. The summed E-state index contributed by atoms with van der Waals surface area (Å²) in [4.78, 5) is 40.2. The van der Waals surface area contributed by atoms with Gasteiger partial charge in [0.1, 0.15) is 16.6 Å². The van der Waals surface area contributed by atoms with Gasteiger partial charge in [0.15, 0.2) is 0 Å². The van der Waals surface area contributed by atoms with Crippen LogP contribution >= 0.6 is 35.6 Å². The van der Waals surface area contributed by atoms with Crippen molar-refractivity contribution in [3.05, 3.63) is 86.1 Å². The third-order valence-electron chi connectivity index (χ3n) is 5.19. The average molecular weight is 499 g/mol. The number of thioether (sulfide) groups is 1. The Labute approximate surface area is 204 Å². The van der Waals surface area contributed by atoms with Crippen LogP contribution in [0.2, 0.25) is 5.02 Å².